The zero-order chi connectivity index (χ0) is 40.6. The summed E-state index contributed by atoms with van der Waals surface area (Å²) in [4.78, 5) is 89.4. The summed E-state index contributed by atoms with van der Waals surface area (Å²) in [6, 6.07) is 9.10. The summed E-state index contributed by atoms with van der Waals surface area (Å²) in [5, 5.41) is 23.7. The fraction of sp³-hybridized carbons (Fsp3) is 0.395. The lowest BCUT2D eigenvalue weighted by atomic mass is 10.0. The zero-order valence-electron chi connectivity index (χ0n) is 31.1. The Morgan fingerprint density at radius 3 is 2.02 bits per heavy atom. The standard InChI is InChI=1S/C38H51N11O7/c1-22(45-38(56)32(20-50)49-35(53)27(40)17-25-19-42-21-44-25)34(52)47-31(16-24-18-43-28-12-6-5-11-26(24)28)37(55)48-30(15-23-9-3-2-4-10-23)36(54)46-29(33(41)51)13-7-8-14-39/h2-6,9-12,18-19,21-22,27,29-32,43,50H,7-8,13-17,20,39-40H2,1H3,(H2,41,51)(H,42,44)(H,45,56)(H,46,54)(H,47,52)(H,48,55)(H,49,53)/t22-,27-,29-,30+,31-,32+/m0/s1. The number of nitrogens with two attached hydrogens (primary N) is 3. The monoisotopic (exact) mass is 773 g/mol. The molecule has 2 aromatic carbocycles. The molecule has 0 aliphatic carbocycles. The minimum atomic E-state index is -1.44. The Balaban J connectivity index is 1.51. The van der Waals surface area contributed by atoms with Crippen LogP contribution in [0.5, 0.6) is 0 Å². The first-order valence-corrected chi connectivity index (χ1v) is 18.3. The van der Waals surface area contributed by atoms with Crippen molar-refractivity contribution in [1.82, 2.24) is 41.5 Å². The van der Waals surface area contributed by atoms with Crippen LogP contribution < -0.4 is 43.8 Å². The maximum Gasteiger partial charge on any atom is 0.245 e. The molecular formula is C38H51N11O7. The van der Waals surface area contributed by atoms with Gasteiger partial charge in [-0.15, -0.1) is 0 Å². The Morgan fingerprint density at radius 2 is 1.36 bits per heavy atom. The summed E-state index contributed by atoms with van der Waals surface area (Å²) < 4.78 is 0. The summed E-state index contributed by atoms with van der Waals surface area (Å²) in [6.07, 6.45) is 6.18. The summed E-state index contributed by atoms with van der Waals surface area (Å²) in [5.74, 6) is -4.46. The molecule has 4 aromatic rings. The van der Waals surface area contributed by atoms with Crippen molar-refractivity contribution in [2.24, 2.45) is 17.2 Å². The van der Waals surface area contributed by atoms with E-state index in [4.69, 9.17) is 17.2 Å². The summed E-state index contributed by atoms with van der Waals surface area (Å²) in [7, 11) is 0. The third kappa shape index (κ3) is 12.5. The maximum atomic E-state index is 14.2. The molecule has 6 atom stereocenters. The number of aromatic amines is 2. The van der Waals surface area contributed by atoms with Crippen molar-refractivity contribution >= 4 is 46.3 Å². The van der Waals surface area contributed by atoms with Gasteiger partial charge in [0, 0.05) is 48.3 Å². The number of benzene rings is 2. The van der Waals surface area contributed by atoms with Gasteiger partial charge >= 0.3 is 0 Å². The van der Waals surface area contributed by atoms with Crippen molar-refractivity contribution in [2.45, 2.75) is 81.7 Å². The molecule has 4 rings (SSSR count). The summed E-state index contributed by atoms with van der Waals surface area (Å²) in [5.41, 5.74) is 19.9. The number of rotatable bonds is 22. The van der Waals surface area contributed by atoms with Crippen molar-refractivity contribution in [2.75, 3.05) is 13.2 Å². The van der Waals surface area contributed by atoms with Crippen molar-refractivity contribution in [3.8, 4) is 0 Å². The smallest absolute Gasteiger partial charge is 0.245 e. The van der Waals surface area contributed by atoms with Gasteiger partial charge in [-0.3, -0.25) is 28.8 Å². The average molecular weight is 774 g/mol. The van der Waals surface area contributed by atoms with E-state index in [1.807, 2.05) is 24.3 Å². The fourth-order valence-corrected chi connectivity index (χ4v) is 5.99. The summed E-state index contributed by atoms with van der Waals surface area (Å²) >= 11 is 0. The minimum Gasteiger partial charge on any atom is -0.394 e. The molecule has 0 spiro atoms. The number of carbonyl (C=O) groups is 6. The van der Waals surface area contributed by atoms with Gasteiger partial charge in [-0.05, 0) is 49.9 Å². The van der Waals surface area contributed by atoms with Crippen LogP contribution >= 0.6 is 0 Å². The highest BCUT2D eigenvalue weighted by Gasteiger charge is 2.32. The van der Waals surface area contributed by atoms with Gasteiger partial charge in [0.25, 0.3) is 0 Å². The van der Waals surface area contributed by atoms with Crippen molar-refractivity contribution < 1.29 is 33.9 Å². The number of fused-ring (bicyclic) bond motifs is 1. The first kappa shape index (κ1) is 42.6. The Labute approximate surface area is 323 Å². The van der Waals surface area contributed by atoms with Gasteiger partial charge < -0.3 is 58.9 Å². The van der Waals surface area contributed by atoms with Crippen LogP contribution in [0.25, 0.3) is 10.9 Å². The Morgan fingerprint density at radius 1 is 0.732 bits per heavy atom. The molecular weight excluding hydrogens is 722 g/mol. The molecule has 0 aliphatic rings. The predicted octanol–water partition coefficient (Wildman–Crippen LogP) is -1.70. The highest BCUT2D eigenvalue weighted by Crippen LogP contribution is 2.19. The van der Waals surface area contributed by atoms with Gasteiger partial charge in [0.2, 0.25) is 35.4 Å². The number of nitrogens with one attached hydrogen (secondary N) is 7. The average Bonchev–Trinajstić information content (AvgIpc) is 3.86. The number of carbonyl (C=O) groups excluding carboxylic acids is 6. The molecule has 300 valence electrons. The highest BCUT2D eigenvalue weighted by molar-refractivity contribution is 5.97. The van der Waals surface area contributed by atoms with E-state index in [1.54, 1.807) is 36.5 Å². The molecule has 0 bridgehead atoms. The summed E-state index contributed by atoms with van der Waals surface area (Å²) in [6.45, 7) is 0.982. The van der Waals surface area contributed by atoms with Gasteiger partial charge in [0.05, 0.1) is 19.0 Å². The van der Waals surface area contributed by atoms with Crippen LogP contribution in [-0.2, 0) is 48.0 Å². The number of nitrogens with zero attached hydrogens (tertiary/aromatic N) is 1. The number of hydrogen-bond acceptors (Lipinski definition) is 10. The SMILES string of the molecule is C[C@H](NC(=O)[C@@H](CO)NC(=O)[C@@H](N)Cc1cnc[nH]1)C(=O)N[C@@H](Cc1c[nH]c2ccccc12)C(=O)N[C@H](Cc1ccccc1)C(=O)N[C@@H](CCCCN)C(N)=O. The van der Waals surface area contributed by atoms with Gasteiger partial charge in [0.1, 0.15) is 30.2 Å². The number of aliphatic hydroxyl groups is 1. The molecule has 0 aliphatic heterocycles. The number of unbranched alkanes of at least 4 members (excludes halogenated alkanes) is 1. The van der Waals surface area contributed by atoms with Crippen LogP contribution in [0.2, 0.25) is 0 Å². The van der Waals surface area contributed by atoms with E-state index in [1.165, 1.54) is 19.4 Å². The molecule has 0 unspecified atom stereocenters. The second-order valence-electron chi connectivity index (χ2n) is 13.5. The molecule has 0 saturated carbocycles. The number of primary amides is 1. The van der Waals surface area contributed by atoms with Crippen LogP contribution in [0.3, 0.4) is 0 Å². The van der Waals surface area contributed by atoms with Crippen molar-refractivity contribution in [3.05, 3.63) is 90.1 Å². The fourth-order valence-electron chi connectivity index (χ4n) is 5.99. The van der Waals surface area contributed by atoms with E-state index in [9.17, 15) is 33.9 Å². The molecule has 18 heteroatoms. The minimum absolute atomic E-state index is 0.0194. The maximum absolute atomic E-state index is 14.2. The Bertz CT molecular complexity index is 1920. The molecule has 0 saturated heterocycles. The molecule has 6 amide bonds. The van der Waals surface area contributed by atoms with E-state index in [-0.39, 0.29) is 25.7 Å². The first-order valence-electron chi connectivity index (χ1n) is 18.3. The van der Waals surface area contributed by atoms with Gasteiger partial charge in [0.15, 0.2) is 0 Å². The number of aliphatic hydroxyl groups excluding tert-OH is 1. The lowest BCUT2D eigenvalue weighted by molar-refractivity contribution is -0.135. The quantitative estimate of drug-likeness (QED) is 0.0402. The molecule has 56 heavy (non-hydrogen) atoms. The first-order chi connectivity index (χ1) is 26.9. The number of H-pyrrole nitrogens is 2. The number of para-hydroxylation sites is 1. The van der Waals surface area contributed by atoms with Crippen molar-refractivity contribution in [1.29, 1.82) is 0 Å². The lowest BCUT2D eigenvalue weighted by Crippen LogP contribution is -2.60. The topological polar surface area (TPSA) is 305 Å². The van der Waals surface area contributed by atoms with E-state index >= 15 is 0 Å². The molecule has 2 heterocycles. The molecule has 18 nitrogen and oxygen atoms in total. The number of imidazole rings is 1. The van der Waals surface area contributed by atoms with E-state index in [0.29, 0.717) is 36.2 Å². The number of amides is 6. The highest BCUT2D eigenvalue weighted by atomic mass is 16.3. The molecule has 0 radical (unpaired) electrons. The zero-order valence-corrected chi connectivity index (χ0v) is 31.1. The van der Waals surface area contributed by atoms with E-state index < -0.39 is 78.3 Å². The second-order valence-corrected chi connectivity index (χ2v) is 13.5. The molecule has 14 N–H and O–H groups in total. The van der Waals surface area contributed by atoms with Crippen LogP contribution in [0.1, 0.15) is 43.0 Å². The van der Waals surface area contributed by atoms with E-state index in [0.717, 1.165) is 10.9 Å². The third-order valence-corrected chi connectivity index (χ3v) is 9.15. The number of aromatic nitrogens is 3. The third-order valence-electron chi connectivity index (χ3n) is 9.15. The van der Waals surface area contributed by atoms with Gasteiger partial charge in [-0.2, -0.15) is 0 Å². The van der Waals surface area contributed by atoms with Crippen LogP contribution in [-0.4, -0.2) is 105 Å². The normalized spacial score (nSPS) is 14.4. The van der Waals surface area contributed by atoms with E-state index in [2.05, 4.69) is 41.5 Å². The van der Waals surface area contributed by atoms with Crippen LogP contribution in [0, 0.1) is 0 Å². The van der Waals surface area contributed by atoms with Crippen LogP contribution in [0.4, 0.5) is 0 Å². The number of hydrogen-bond donors (Lipinski definition) is 11. The predicted molar refractivity (Wildman–Crippen MR) is 207 cm³/mol. The largest absolute Gasteiger partial charge is 0.394 e. The molecule has 2 aromatic heterocycles. The second kappa shape index (κ2) is 21.1. The Hall–Kier alpha value is -6.11. The Kier molecular flexibility index (Phi) is 16.1. The lowest BCUT2D eigenvalue weighted by Gasteiger charge is -2.26. The van der Waals surface area contributed by atoms with Gasteiger partial charge in [-0.1, -0.05) is 48.5 Å². The van der Waals surface area contributed by atoms with Gasteiger partial charge in [-0.25, -0.2) is 4.98 Å². The molecule has 0 fully saturated rings. The van der Waals surface area contributed by atoms with Crippen molar-refractivity contribution in [3.63, 3.8) is 0 Å². The van der Waals surface area contributed by atoms with Crippen LogP contribution in [0.15, 0.2) is 73.3 Å².